The molecule has 0 spiro atoms. The van der Waals surface area contributed by atoms with Gasteiger partial charge in [-0.2, -0.15) is 0 Å². The van der Waals surface area contributed by atoms with E-state index < -0.39 is 17.6 Å². The summed E-state index contributed by atoms with van der Waals surface area (Å²) in [5.74, 6) is -2.16. The summed E-state index contributed by atoms with van der Waals surface area (Å²) in [6, 6.07) is 10.0. The molecule has 1 aliphatic heterocycles. The number of halogens is 2. The molecule has 8 heteroatoms. The Morgan fingerprint density at radius 3 is 2.52 bits per heavy atom. The molecule has 31 heavy (non-hydrogen) atoms. The summed E-state index contributed by atoms with van der Waals surface area (Å²) in [5.41, 5.74) is 0.563. The zero-order valence-corrected chi connectivity index (χ0v) is 17.7. The van der Waals surface area contributed by atoms with Gasteiger partial charge in [0.15, 0.2) is 0 Å². The predicted octanol–water partition coefficient (Wildman–Crippen LogP) is 3.68. The van der Waals surface area contributed by atoms with Gasteiger partial charge in [-0.1, -0.05) is 13.8 Å². The molecule has 0 aromatic heterocycles. The minimum Gasteiger partial charge on any atom is -0.492 e. The smallest absolute Gasteiger partial charge is 0.229 e. The molecule has 2 amide bonds. The van der Waals surface area contributed by atoms with Crippen molar-refractivity contribution in [2.45, 2.75) is 20.3 Å². The standard InChI is InChI=1S/C23H27F2N3O3/c1-3-27(4-2)11-12-31-19-8-6-18(7-9-19)26-23(30)16-13-22(29)28(15-16)21-10-5-17(24)14-20(21)25/h5-10,14,16H,3-4,11-13,15H2,1-2H3,(H,26,30). The molecule has 1 fully saturated rings. The van der Waals surface area contributed by atoms with Crippen LogP contribution in [0.1, 0.15) is 20.3 Å². The van der Waals surface area contributed by atoms with E-state index >= 15 is 0 Å². The molecule has 166 valence electrons. The summed E-state index contributed by atoms with van der Waals surface area (Å²) in [6.45, 7) is 7.61. The number of nitrogens with zero attached hydrogens (tertiary/aromatic N) is 2. The second-order valence-corrected chi connectivity index (χ2v) is 7.39. The van der Waals surface area contributed by atoms with E-state index in [-0.39, 0.29) is 30.5 Å². The first-order valence-corrected chi connectivity index (χ1v) is 10.4. The number of amides is 2. The van der Waals surface area contributed by atoms with E-state index in [1.807, 2.05) is 0 Å². The summed E-state index contributed by atoms with van der Waals surface area (Å²) in [6.07, 6.45) is -0.0325. The van der Waals surface area contributed by atoms with E-state index in [1.54, 1.807) is 24.3 Å². The van der Waals surface area contributed by atoms with E-state index in [9.17, 15) is 18.4 Å². The Bertz CT molecular complexity index is 917. The Morgan fingerprint density at radius 2 is 1.87 bits per heavy atom. The minimum atomic E-state index is -0.828. The maximum absolute atomic E-state index is 14.0. The summed E-state index contributed by atoms with van der Waals surface area (Å²) in [4.78, 5) is 28.3. The van der Waals surface area contributed by atoms with Gasteiger partial charge in [0.05, 0.1) is 11.6 Å². The predicted molar refractivity (Wildman–Crippen MR) is 115 cm³/mol. The summed E-state index contributed by atoms with van der Waals surface area (Å²) in [7, 11) is 0. The van der Waals surface area contributed by atoms with Crippen molar-refractivity contribution in [1.82, 2.24) is 4.90 Å². The normalized spacial score (nSPS) is 16.1. The lowest BCUT2D eigenvalue weighted by Crippen LogP contribution is -2.28. The second-order valence-electron chi connectivity index (χ2n) is 7.39. The monoisotopic (exact) mass is 431 g/mol. The molecule has 0 bridgehead atoms. The molecule has 0 saturated carbocycles. The fourth-order valence-electron chi connectivity index (χ4n) is 3.53. The third-order valence-corrected chi connectivity index (χ3v) is 5.39. The van der Waals surface area contributed by atoms with Gasteiger partial charge in [0, 0.05) is 31.3 Å². The quantitative estimate of drug-likeness (QED) is 0.658. The number of hydrogen-bond acceptors (Lipinski definition) is 4. The molecule has 1 unspecified atom stereocenters. The number of ether oxygens (including phenoxy) is 1. The Kier molecular flexibility index (Phi) is 7.57. The Balaban J connectivity index is 1.54. The van der Waals surface area contributed by atoms with Crippen LogP contribution >= 0.6 is 0 Å². The van der Waals surface area contributed by atoms with E-state index in [0.29, 0.717) is 18.0 Å². The van der Waals surface area contributed by atoms with E-state index in [4.69, 9.17) is 4.74 Å². The molecule has 3 rings (SSSR count). The fourth-order valence-corrected chi connectivity index (χ4v) is 3.53. The number of rotatable bonds is 9. The molecule has 0 aliphatic carbocycles. The summed E-state index contributed by atoms with van der Waals surface area (Å²) < 4.78 is 32.9. The van der Waals surface area contributed by atoms with E-state index in [1.165, 1.54) is 11.0 Å². The van der Waals surface area contributed by atoms with Gasteiger partial charge in [-0.15, -0.1) is 0 Å². The molecule has 1 saturated heterocycles. The Morgan fingerprint density at radius 1 is 1.16 bits per heavy atom. The molecular formula is C23H27F2N3O3. The van der Waals surface area contributed by atoms with E-state index in [2.05, 4.69) is 24.1 Å². The molecule has 1 heterocycles. The van der Waals surface area contributed by atoms with Crippen molar-refractivity contribution in [3.63, 3.8) is 0 Å². The van der Waals surface area contributed by atoms with Crippen LogP contribution in [0.3, 0.4) is 0 Å². The first-order chi connectivity index (χ1) is 14.9. The van der Waals surface area contributed by atoms with Gasteiger partial charge in [0.25, 0.3) is 0 Å². The van der Waals surface area contributed by atoms with Crippen molar-refractivity contribution in [1.29, 1.82) is 0 Å². The van der Waals surface area contributed by atoms with Crippen LogP contribution in [0.5, 0.6) is 5.75 Å². The van der Waals surface area contributed by atoms with Crippen LogP contribution in [0.25, 0.3) is 0 Å². The van der Waals surface area contributed by atoms with Gasteiger partial charge < -0.3 is 19.9 Å². The molecule has 0 radical (unpaired) electrons. The number of hydrogen-bond donors (Lipinski definition) is 1. The summed E-state index contributed by atoms with van der Waals surface area (Å²) in [5, 5.41) is 2.78. The van der Waals surface area contributed by atoms with E-state index in [0.717, 1.165) is 31.8 Å². The average Bonchev–Trinajstić information content (AvgIpc) is 3.14. The van der Waals surface area contributed by atoms with Crippen molar-refractivity contribution in [3.8, 4) is 5.75 Å². The average molecular weight is 431 g/mol. The van der Waals surface area contributed by atoms with Crippen molar-refractivity contribution >= 4 is 23.2 Å². The first-order valence-electron chi connectivity index (χ1n) is 10.4. The lowest BCUT2D eigenvalue weighted by molar-refractivity contribution is -0.122. The van der Waals surface area contributed by atoms with Crippen LogP contribution < -0.4 is 15.0 Å². The van der Waals surface area contributed by atoms with Gasteiger partial charge >= 0.3 is 0 Å². The van der Waals surface area contributed by atoms with Crippen molar-refractivity contribution in [3.05, 3.63) is 54.1 Å². The Labute approximate surface area is 180 Å². The number of nitrogens with one attached hydrogen (secondary N) is 1. The largest absolute Gasteiger partial charge is 0.492 e. The Hall–Kier alpha value is -3.00. The summed E-state index contributed by atoms with van der Waals surface area (Å²) >= 11 is 0. The van der Waals surface area contributed by atoms with Gasteiger partial charge in [-0.3, -0.25) is 9.59 Å². The number of carbonyl (C=O) groups is 2. The van der Waals surface area contributed by atoms with Gasteiger partial charge in [-0.05, 0) is 49.5 Å². The molecule has 1 atom stereocenters. The number of benzene rings is 2. The second kappa shape index (κ2) is 10.3. The molecule has 1 aliphatic rings. The van der Waals surface area contributed by atoms with Crippen LogP contribution in [0.2, 0.25) is 0 Å². The maximum Gasteiger partial charge on any atom is 0.229 e. The van der Waals surface area contributed by atoms with Crippen LogP contribution in [-0.4, -0.2) is 49.5 Å². The SMILES string of the molecule is CCN(CC)CCOc1ccc(NC(=O)C2CC(=O)N(c3ccc(F)cc3F)C2)cc1. The molecule has 2 aromatic rings. The zero-order valence-electron chi connectivity index (χ0n) is 17.7. The van der Waals surface area contributed by atoms with Crippen LogP contribution in [0.15, 0.2) is 42.5 Å². The van der Waals surface area contributed by atoms with Gasteiger partial charge in [0.1, 0.15) is 24.0 Å². The van der Waals surface area contributed by atoms with Crippen molar-refractivity contribution in [2.24, 2.45) is 5.92 Å². The number of anilines is 2. The number of carbonyl (C=O) groups excluding carboxylic acids is 2. The first kappa shape index (κ1) is 22.7. The number of likely N-dealkylation sites (N-methyl/N-ethyl adjacent to an activating group) is 1. The van der Waals surface area contributed by atoms with Gasteiger partial charge in [0.2, 0.25) is 11.8 Å². The van der Waals surface area contributed by atoms with Crippen LogP contribution in [-0.2, 0) is 9.59 Å². The fraction of sp³-hybridized carbons (Fsp3) is 0.391. The van der Waals surface area contributed by atoms with Crippen molar-refractivity contribution in [2.75, 3.05) is 43.0 Å². The molecule has 6 nitrogen and oxygen atoms in total. The van der Waals surface area contributed by atoms with Crippen LogP contribution in [0.4, 0.5) is 20.2 Å². The highest BCUT2D eigenvalue weighted by molar-refractivity contribution is 6.03. The lowest BCUT2D eigenvalue weighted by Gasteiger charge is -2.18. The molecular weight excluding hydrogens is 404 g/mol. The molecule has 1 N–H and O–H groups in total. The lowest BCUT2D eigenvalue weighted by atomic mass is 10.1. The highest BCUT2D eigenvalue weighted by Gasteiger charge is 2.36. The maximum atomic E-state index is 14.0. The van der Waals surface area contributed by atoms with Crippen LogP contribution in [0, 0.1) is 17.6 Å². The topological polar surface area (TPSA) is 61.9 Å². The third kappa shape index (κ3) is 5.79. The molecule has 2 aromatic carbocycles. The zero-order chi connectivity index (χ0) is 22.4. The van der Waals surface area contributed by atoms with Crippen molar-refractivity contribution < 1.29 is 23.1 Å². The van der Waals surface area contributed by atoms with Gasteiger partial charge in [-0.25, -0.2) is 8.78 Å². The highest BCUT2D eigenvalue weighted by Crippen LogP contribution is 2.28. The third-order valence-electron chi connectivity index (χ3n) is 5.39. The highest BCUT2D eigenvalue weighted by atomic mass is 19.1. The minimum absolute atomic E-state index is 0.0205.